The molecule has 0 saturated heterocycles. The van der Waals surface area contributed by atoms with E-state index in [-0.39, 0.29) is 72.3 Å². The van der Waals surface area contributed by atoms with Gasteiger partial charge in [-0.2, -0.15) is 0 Å². The number of hydrogen-bond donors (Lipinski definition) is 1. The van der Waals surface area contributed by atoms with E-state index in [9.17, 15) is 0 Å². The third kappa shape index (κ3) is 84.7. The Hall–Kier alpha value is 1.73. The molecule has 0 spiro atoms. The number of carboxylic acids is 1. The van der Waals surface area contributed by atoms with E-state index in [0.717, 1.165) is 6.92 Å². The Morgan fingerprint density at radius 1 is 1.71 bits per heavy atom. The van der Waals surface area contributed by atoms with Crippen LogP contribution in [0.25, 0.3) is 0 Å². The largest absolute Gasteiger partial charge is 1.00 e. The molecule has 2 nitrogen and oxygen atoms in total. The van der Waals surface area contributed by atoms with Crippen molar-refractivity contribution < 1.29 is 58.2 Å². The molecule has 0 aromatic carbocycles. The molecule has 0 unspecified atom stereocenters. The van der Waals surface area contributed by atoms with Gasteiger partial charge in [-0.15, -0.1) is 24.0 Å². The van der Waals surface area contributed by atoms with Crippen molar-refractivity contribution in [3.63, 3.8) is 0 Å². The standard InChI is InChI=1S/C2H4O2.Cr.HI.Na.H/c1-2(3)4;;;;/h1H3,(H,3,4);;1H;;/q;;;+1;-1. The molecule has 0 atom stereocenters. The zero-order valence-electron chi connectivity index (χ0n) is 5.17. The molecule has 0 rings (SSSR count). The molecule has 5 heteroatoms. The average Bonchev–Trinajstić information content (AvgIpc) is 0.811. The van der Waals surface area contributed by atoms with E-state index in [4.69, 9.17) is 9.90 Å². The summed E-state index contributed by atoms with van der Waals surface area (Å²) in [4.78, 5) is 9.00. The van der Waals surface area contributed by atoms with Crippen LogP contribution in [0.15, 0.2) is 0 Å². The minimum Gasteiger partial charge on any atom is -1.00 e. The van der Waals surface area contributed by atoms with Gasteiger partial charge in [-0.3, -0.25) is 4.79 Å². The molecule has 40 valence electrons. The molecule has 0 amide bonds. The molecule has 0 aliphatic rings. The summed E-state index contributed by atoms with van der Waals surface area (Å²) in [7, 11) is 0. The van der Waals surface area contributed by atoms with Gasteiger partial charge in [-0.05, 0) is 0 Å². The molecular formula is C2H6CrINaO2. The van der Waals surface area contributed by atoms with Crippen LogP contribution < -0.4 is 29.6 Å². The van der Waals surface area contributed by atoms with Crippen LogP contribution in [0.5, 0.6) is 0 Å². The SMILES string of the molecule is CC(=O)O.I.[Cr].[H-].[Na+]. The van der Waals surface area contributed by atoms with Crippen molar-refractivity contribution in [2.75, 3.05) is 0 Å². The van der Waals surface area contributed by atoms with E-state index < -0.39 is 5.97 Å². The summed E-state index contributed by atoms with van der Waals surface area (Å²) in [6.07, 6.45) is 0. The van der Waals surface area contributed by atoms with Crippen molar-refractivity contribution in [3.8, 4) is 0 Å². The van der Waals surface area contributed by atoms with Gasteiger partial charge in [0, 0.05) is 24.3 Å². The quantitative estimate of drug-likeness (QED) is 0.399. The fourth-order valence-corrected chi connectivity index (χ4v) is 0. The minimum atomic E-state index is -0.833. The molecule has 7 heavy (non-hydrogen) atoms. The zero-order valence-corrected chi connectivity index (χ0v) is 9.78. The second kappa shape index (κ2) is 15.6. The molecule has 0 aromatic rings. The first kappa shape index (κ1) is 23.3. The normalized spacial score (nSPS) is 3.57. The molecule has 0 aromatic heterocycles. The number of rotatable bonds is 0. The van der Waals surface area contributed by atoms with Gasteiger partial charge in [0.1, 0.15) is 0 Å². The number of aliphatic carboxylic acids is 1. The first-order valence-corrected chi connectivity index (χ1v) is 0.928. The third-order valence-corrected chi connectivity index (χ3v) is 0. The van der Waals surface area contributed by atoms with Gasteiger partial charge in [0.15, 0.2) is 0 Å². The van der Waals surface area contributed by atoms with Crippen molar-refractivity contribution in [1.82, 2.24) is 0 Å². The second-order valence-corrected chi connectivity index (χ2v) is 0.519. The van der Waals surface area contributed by atoms with Gasteiger partial charge >= 0.3 is 29.6 Å². The van der Waals surface area contributed by atoms with Crippen molar-refractivity contribution in [2.45, 2.75) is 6.92 Å². The molecule has 0 radical (unpaired) electrons. The van der Waals surface area contributed by atoms with Crippen molar-refractivity contribution >= 4 is 29.9 Å². The zero-order chi connectivity index (χ0) is 3.58. The smallest absolute Gasteiger partial charge is 1.00 e. The maximum Gasteiger partial charge on any atom is 1.00 e. The van der Waals surface area contributed by atoms with E-state index in [1.807, 2.05) is 0 Å². The minimum absolute atomic E-state index is 0. The molecular weight excluding hydrogens is 258 g/mol. The number of halogens is 1. The Labute approximate surface area is 94.0 Å². The molecule has 1 N–H and O–H groups in total. The summed E-state index contributed by atoms with van der Waals surface area (Å²) < 4.78 is 0. The predicted molar refractivity (Wildman–Crippen MR) is 29.8 cm³/mol. The van der Waals surface area contributed by atoms with Crippen LogP contribution >= 0.6 is 24.0 Å². The summed E-state index contributed by atoms with van der Waals surface area (Å²) >= 11 is 0. The molecule has 0 aliphatic heterocycles. The molecule has 0 aliphatic carbocycles. The Balaban J connectivity index is -0.00000000750. The van der Waals surface area contributed by atoms with Gasteiger partial charge < -0.3 is 6.53 Å². The molecule has 0 heterocycles. The maximum atomic E-state index is 9.00. The van der Waals surface area contributed by atoms with Gasteiger partial charge in [0.2, 0.25) is 0 Å². The summed E-state index contributed by atoms with van der Waals surface area (Å²) in [6.45, 7) is 1.08. The van der Waals surface area contributed by atoms with E-state index in [0.29, 0.717) is 0 Å². The van der Waals surface area contributed by atoms with Crippen LogP contribution in [0.4, 0.5) is 0 Å². The Bertz CT molecular complexity index is 43.0. The summed E-state index contributed by atoms with van der Waals surface area (Å²) in [6, 6.07) is 0. The number of carbonyl (C=O) groups is 1. The summed E-state index contributed by atoms with van der Waals surface area (Å²) in [5, 5.41) is 7.42. The number of carboxylic acid groups (broad SMARTS) is 1. The van der Waals surface area contributed by atoms with Gasteiger partial charge in [0.05, 0.1) is 0 Å². The molecule has 0 fully saturated rings. The Morgan fingerprint density at radius 2 is 1.71 bits per heavy atom. The fraction of sp³-hybridized carbons (Fsp3) is 0.500. The average molecular weight is 264 g/mol. The van der Waals surface area contributed by atoms with Gasteiger partial charge in [-0.1, -0.05) is 0 Å². The van der Waals surface area contributed by atoms with E-state index >= 15 is 0 Å². The maximum absolute atomic E-state index is 9.00. The molecule has 0 bridgehead atoms. The first-order chi connectivity index (χ1) is 1.73. The topological polar surface area (TPSA) is 37.3 Å². The van der Waals surface area contributed by atoms with Crippen molar-refractivity contribution in [3.05, 3.63) is 0 Å². The Kier molecular flexibility index (Phi) is 52.1. The van der Waals surface area contributed by atoms with Crippen LogP contribution in [0.1, 0.15) is 8.35 Å². The van der Waals surface area contributed by atoms with E-state index in [2.05, 4.69) is 0 Å². The summed E-state index contributed by atoms with van der Waals surface area (Å²) in [5.41, 5.74) is 0. The third-order valence-electron chi connectivity index (χ3n) is 0. The van der Waals surface area contributed by atoms with E-state index in [1.165, 1.54) is 0 Å². The van der Waals surface area contributed by atoms with Crippen LogP contribution in [0.2, 0.25) is 0 Å². The van der Waals surface area contributed by atoms with Crippen molar-refractivity contribution in [2.24, 2.45) is 0 Å². The van der Waals surface area contributed by atoms with Crippen LogP contribution in [0, 0.1) is 0 Å². The van der Waals surface area contributed by atoms with Crippen LogP contribution in [-0.4, -0.2) is 11.1 Å². The van der Waals surface area contributed by atoms with Gasteiger partial charge in [0.25, 0.3) is 5.97 Å². The monoisotopic (exact) mass is 264 g/mol. The van der Waals surface area contributed by atoms with Crippen LogP contribution in [-0.2, 0) is 22.2 Å². The summed E-state index contributed by atoms with van der Waals surface area (Å²) in [5.74, 6) is -0.833. The fourth-order valence-electron chi connectivity index (χ4n) is 0. The van der Waals surface area contributed by atoms with Crippen molar-refractivity contribution in [1.29, 1.82) is 0 Å². The Morgan fingerprint density at radius 3 is 1.71 bits per heavy atom. The van der Waals surface area contributed by atoms with Gasteiger partial charge in [-0.25, -0.2) is 0 Å². The predicted octanol–water partition coefficient (Wildman–Crippen LogP) is -2.18. The number of hydrogen-bond acceptors (Lipinski definition) is 1. The van der Waals surface area contributed by atoms with Crippen LogP contribution in [0.3, 0.4) is 0 Å². The second-order valence-electron chi connectivity index (χ2n) is 0.519. The first-order valence-electron chi connectivity index (χ1n) is 0.928. The van der Waals surface area contributed by atoms with E-state index in [1.54, 1.807) is 0 Å². The molecule has 0 saturated carbocycles.